The maximum atomic E-state index is 13.3. The molecule has 1 aromatic carbocycles. The highest BCUT2D eigenvalue weighted by molar-refractivity contribution is 7.89. The molecule has 12 heteroatoms. The van der Waals surface area contributed by atoms with E-state index in [1.165, 1.54) is 29.9 Å². The summed E-state index contributed by atoms with van der Waals surface area (Å²) in [5, 5.41) is 6.77. The molecule has 0 spiro atoms. The molecule has 2 aromatic heterocycles. The van der Waals surface area contributed by atoms with Crippen molar-refractivity contribution in [2.75, 3.05) is 32.6 Å². The summed E-state index contributed by atoms with van der Waals surface area (Å²) in [4.78, 5) is 18.5. The number of nitrogens with zero attached hydrogens (tertiary/aromatic N) is 3. The number of anilines is 1. The first kappa shape index (κ1) is 24.2. The second kappa shape index (κ2) is 9.72. The maximum absolute atomic E-state index is 13.3. The third kappa shape index (κ3) is 4.93. The molecule has 182 valence electrons. The van der Waals surface area contributed by atoms with Gasteiger partial charge in [-0.1, -0.05) is 5.16 Å². The van der Waals surface area contributed by atoms with E-state index in [4.69, 9.17) is 14.0 Å². The van der Waals surface area contributed by atoms with Crippen LogP contribution >= 0.6 is 11.3 Å². The first-order chi connectivity index (χ1) is 16.2. The van der Waals surface area contributed by atoms with Crippen LogP contribution in [0.2, 0.25) is 0 Å². The highest BCUT2D eigenvalue weighted by atomic mass is 32.2. The van der Waals surface area contributed by atoms with Gasteiger partial charge in [0.15, 0.2) is 0 Å². The largest absolute Gasteiger partial charge is 0.497 e. The molecule has 1 fully saturated rings. The van der Waals surface area contributed by atoms with Crippen molar-refractivity contribution in [3.63, 3.8) is 0 Å². The maximum Gasteiger partial charge on any atom is 0.244 e. The number of ether oxygens (including phenoxy) is 2. The minimum absolute atomic E-state index is 0.158. The van der Waals surface area contributed by atoms with Crippen LogP contribution in [0.15, 0.2) is 33.7 Å². The summed E-state index contributed by atoms with van der Waals surface area (Å²) >= 11 is 1.31. The number of hydrogen-bond donors (Lipinski definition) is 1. The van der Waals surface area contributed by atoms with Gasteiger partial charge in [0.05, 0.1) is 24.0 Å². The lowest BCUT2D eigenvalue weighted by atomic mass is 9.97. The average Bonchev–Trinajstić information content (AvgIpc) is 3.44. The van der Waals surface area contributed by atoms with Gasteiger partial charge < -0.3 is 19.3 Å². The second-order valence-corrected chi connectivity index (χ2v) is 11.1. The zero-order chi connectivity index (χ0) is 24.5. The van der Waals surface area contributed by atoms with Crippen LogP contribution in [0, 0.1) is 19.8 Å². The number of amides is 1. The molecule has 0 atom stereocenters. The Kier molecular flexibility index (Phi) is 6.91. The van der Waals surface area contributed by atoms with Crippen LogP contribution < -0.4 is 14.8 Å². The van der Waals surface area contributed by atoms with E-state index >= 15 is 0 Å². The zero-order valence-electron chi connectivity index (χ0n) is 19.3. The Bertz CT molecular complexity index is 1270. The number of aromatic nitrogens is 2. The standard InChI is InChI=1S/C22H26N4O6S2/c1-13-20(12-19(33-13)21-23-14(2)32-25-21)34(28,29)26-7-5-15(6-8-26)22(27)24-16-9-17(30-3)11-18(10-16)31-4/h9-12,15H,5-8H2,1-4H3,(H,24,27). The molecule has 0 aliphatic carbocycles. The molecule has 4 rings (SSSR count). The fraction of sp³-hybridized carbons (Fsp3) is 0.409. The minimum atomic E-state index is -3.71. The summed E-state index contributed by atoms with van der Waals surface area (Å²) in [7, 11) is -0.627. The molecule has 0 radical (unpaired) electrons. The van der Waals surface area contributed by atoms with Crippen molar-refractivity contribution in [1.82, 2.24) is 14.4 Å². The van der Waals surface area contributed by atoms with Gasteiger partial charge in [-0.15, -0.1) is 11.3 Å². The number of carbonyl (C=O) groups is 1. The number of aryl methyl sites for hydroxylation is 2. The van der Waals surface area contributed by atoms with Crippen LogP contribution in [0.3, 0.4) is 0 Å². The fourth-order valence-electron chi connectivity index (χ4n) is 3.85. The smallest absolute Gasteiger partial charge is 0.244 e. The molecule has 0 bridgehead atoms. The highest BCUT2D eigenvalue weighted by Gasteiger charge is 2.34. The van der Waals surface area contributed by atoms with Crippen LogP contribution in [0.4, 0.5) is 5.69 Å². The van der Waals surface area contributed by atoms with E-state index < -0.39 is 10.0 Å². The number of carbonyl (C=O) groups excluding carboxylic acids is 1. The van der Waals surface area contributed by atoms with Gasteiger partial charge in [0.1, 0.15) is 11.5 Å². The van der Waals surface area contributed by atoms with Crippen molar-refractivity contribution in [3.8, 4) is 22.2 Å². The van der Waals surface area contributed by atoms with Crippen LogP contribution in [0.5, 0.6) is 11.5 Å². The highest BCUT2D eigenvalue weighted by Crippen LogP contribution is 2.35. The van der Waals surface area contributed by atoms with Crippen LogP contribution in [-0.2, 0) is 14.8 Å². The van der Waals surface area contributed by atoms with E-state index in [2.05, 4.69) is 15.5 Å². The molecule has 34 heavy (non-hydrogen) atoms. The molecule has 1 N–H and O–H groups in total. The summed E-state index contributed by atoms with van der Waals surface area (Å²) in [5.74, 6) is 1.46. The molecular weight excluding hydrogens is 480 g/mol. The third-order valence-electron chi connectivity index (χ3n) is 5.68. The summed E-state index contributed by atoms with van der Waals surface area (Å²) in [6.07, 6.45) is 0.846. The van der Waals surface area contributed by atoms with Crippen molar-refractivity contribution in [2.45, 2.75) is 31.6 Å². The molecule has 1 amide bonds. The molecule has 3 aromatic rings. The van der Waals surface area contributed by atoms with Crippen LogP contribution in [0.1, 0.15) is 23.6 Å². The van der Waals surface area contributed by atoms with Gasteiger partial charge in [0, 0.05) is 54.7 Å². The number of sulfonamides is 1. The molecule has 10 nitrogen and oxygen atoms in total. The van der Waals surface area contributed by atoms with E-state index in [1.54, 1.807) is 38.1 Å². The average molecular weight is 507 g/mol. The van der Waals surface area contributed by atoms with Gasteiger partial charge >= 0.3 is 0 Å². The quantitative estimate of drug-likeness (QED) is 0.517. The van der Waals surface area contributed by atoms with Gasteiger partial charge in [0.2, 0.25) is 27.6 Å². The lowest BCUT2D eigenvalue weighted by Gasteiger charge is -2.30. The van der Waals surface area contributed by atoms with Crippen molar-refractivity contribution in [1.29, 1.82) is 0 Å². The number of methoxy groups -OCH3 is 2. The van der Waals surface area contributed by atoms with E-state index in [0.717, 1.165) is 0 Å². The number of hydrogen-bond acceptors (Lipinski definition) is 9. The van der Waals surface area contributed by atoms with Gasteiger partial charge in [-0.3, -0.25) is 4.79 Å². The Morgan fingerprint density at radius 1 is 1.12 bits per heavy atom. The lowest BCUT2D eigenvalue weighted by molar-refractivity contribution is -0.120. The fourth-order valence-corrected chi connectivity index (χ4v) is 6.81. The number of piperidine rings is 1. The normalized spacial score (nSPS) is 15.3. The number of nitrogens with one attached hydrogen (secondary N) is 1. The first-order valence-corrected chi connectivity index (χ1v) is 12.9. The lowest BCUT2D eigenvalue weighted by Crippen LogP contribution is -2.41. The second-order valence-electron chi connectivity index (χ2n) is 7.94. The van der Waals surface area contributed by atoms with Gasteiger partial charge in [0.25, 0.3) is 0 Å². The molecule has 1 aliphatic heterocycles. The van der Waals surface area contributed by atoms with Gasteiger partial charge in [-0.25, -0.2) is 8.42 Å². The molecule has 1 saturated heterocycles. The minimum Gasteiger partial charge on any atom is -0.497 e. The Hall–Kier alpha value is -2.96. The Balaban J connectivity index is 1.42. The number of thiophene rings is 1. The summed E-state index contributed by atoms with van der Waals surface area (Å²) in [6.45, 7) is 3.96. The van der Waals surface area contributed by atoms with E-state index in [9.17, 15) is 13.2 Å². The SMILES string of the molecule is COc1cc(NC(=O)C2CCN(S(=O)(=O)c3cc(-c4noc(C)n4)sc3C)CC2)cc(OC)c1. The van der Waals surface area contributed by atoms with E-state index in [0.29, 0.717) is 51.5 Å². The van der Waals surface area contributed by atoms with Gasteiger partial charge in [-0.05, 0) is 25.8 Å². The van der Waals surface area contributed by atoms with Crippen molar-refractivity contribution < 1.29 is 27.2 Å². The van der Waals surface area contributed by atoms with Crippen molar-refractivity contribution in [2.24, 2.45) is 5.92 Å². The predicted octanol–water partition coefficient (Wildman–Crippen LogP) is 3.47. The van der Waals surface area contributed by atoms with E-state index in [-0.39, 0.29) is 29.8 Å². The molecule has 1 aliphatic rings. The molecule has 0 saturated carbocycles. The third-order valence-corrected chi connectivity index (χ3v) is 8.88. The Morgan fingerprint density at radius 2 is 1.76 bits per heavy atom. The van der Waals surface area contributed by atoms with Crippen LogP contribution in [0.25, 0.3) is 10.7 Å². The van der Waals surface area contributed by atoms with Crippen LogP contribution in [-0.4, -0.2) is 56.1 Å². The summed E-state index contributed by atoms with van der Waals surface area (Å²) in [5.41, 5.74) is 0.564. The van der Waals surface area contributed by atoms with Crippen molar-refractivity contribution >= 4 is 33.0 Å². The zero-order valence-corrected chi connectivity index (χ0v) is 21.0. The topological polar surface area (TPSA) is 124 Å². The Labute approximate surface area is 201 Å². The summed E-state index contributed by atoms with van der Waals surface area (Å²) < 4.78 is 43.5. The van der Waals surface area contributed by atoms with Crippen molar-refractivity contribution in [3.05, 3.63) is 35.0 Å². The first-order valence-electron chi connectivity index (χ1n) is 10.7. The monoisotopic (exact) mass is 506 g/mol. The Morgan fingerprint density at radius 3 is 2.32 bits per heavy atom. The number of rotatable bonds is 7. The molecule has 3 heterocycles. The van der Waals surface area contributed by atoms with E-state index in [1.807, 2.05) is 0 Å². The summed E-state index contributed by atoms with van der Waals surface area (Å²) in [6, 6.07) is 6.73. The van der Waals surface area contributed by atoms with Gasteiger partial charge in [-0.2, -0.15) is 9.29 Å². The number of benzene rings is 1. The predicted molar refractivity (Wildman–Crippen MR) is 127 cm³/mol. The molecular formula is C22H26N4O6S2. The molecule has 0 unspecified atom stereocenters.